The molecule has 1 fully saturated rings. The van der Waals surface area contributed by atoms with Crippen LogP contribution in [0.3, 0.4) is 0 Å². The molecule has 7 heteroatoms. The van der Waals surface area contributed by atoms with Gasteiger partial charge in [0.1, 0.15) is 5.82 Å². The van der Waals surface area contributed by atoms with Gasteiger partial charge < -0.3 is 10.2 Å². The van der Waals surface area contributed by atoms with Gasteiger partial charge in [-0.3, -0.25) is 14.6 Å². The molecule has 188 valence electrons. The first-order chi connectivity index (χ1) is 17.8. The lowest BCUT2D eigenvalue weighted by molar-refractivity contribution is 0.0968. The summed E-state index contributed by atoms with van der Waals surface area (Å²) in [4.78, 5) is 31.1. The van der Waals surface area contributed by atoms with Crippen molar-refractivity contribution >= 4 is 45.9 Å². The number of likely N-dealkylation sites (N-methyl/N-ethyl adjacent to an activating group) is 1. The maximum atomic E-state index is 14.5. The van der Waals surface area contributed by atoms with Crippen LogP contribution < -0.4 is 5.32 Å². The van der Waals surface area contributed by atoms with Crippen molar-refractivity contribution in [3.63, 3.8) is 0 Å². The summed E-state index contributed by atoms with van der Waals surface area (Å²) in [5.41, 5.74) is 5.09. The van der Waals surface area contributed by atoms with Crippen molar-refractivity contribution < 1.29 is 14.0 Å². The number of pyridine rings is 1. The first-order valence-electron chi connectivity index (χ1n) is 12.3. The van der Waals surface area contributed by atoms with E-state index in [-0.39, 0.29) is 22.3 Å². The highest BCUT2D eigenvalue weighted by molar-refractivity contribution is 6.33. The maximum absolute atomic E-state index is 14.5. The van der Waals surface area contributed by atoms with E-state index < -0.39 is 5.82 Å². The summed E-state index contributed by atoms with van der Waals surface area (Å²) in [5, 5.41) is 4.27. The molecule has 5 nitrogen and oxygen atoms in total. The third-order valence-electron chi connectivity index (χ3n) is 6.68. The molecule has 0 spiro atoms. The predicted octanol–water partition coefficient (Wildman–Crippen LogP) is 6.95. The Labute approximate surface area is 220 Å². The quantitative estimate of drug-likeness (QED) is 0.193. The first kappa shape index (κ1) is 25.1. The fraction of sp³-hybridized carbons (Fsp3) is 0.233. The fourth-order valence-electron chi connectivity index (χ4n) is 4.37. The lowest BCUT2D eigenvalue weighted by Gasteiger charge is -2.16. The van der Waals surface area contributed by atoms with E-state index in [1.165, 1.54) is 11.6 Å². The second-order valence-electron chi connectivity index (χ2n) is 9.76. The van der Waals surface area contributed by atoms with E-state index in [0.29, 0.717) is 34.2 Å². The first-order valence-corrected chi connectivity index (χ1v) is 12.6. The summed E-state index contributed by atoms with van der Waals surface area (Å²) in [5.74, 6) is -0.574. The van der Waals surface area contributed by atoms with E-state index in [1.54, 1.807) is 12.3 Å². The summed E-state index contributed by atoms with van der Waals surface area (Å²) >= 11 is 6.16. The van der Waals surface area contributed by atoms with Crippen LogP contribution in [0.5, 0.6) is 0 Å². The average Bonchev–Trinajstić information content (AvgIpc) is 3.73. The van der Waals surface area contributed by atoms with Crippen LogP contribution in [0.1, 0.15) is 39.1 Å². The number of carbonyl (C=O) groups excluding carboxylic acids is 2. The Morgan fingerprint density at radius 2 is 1.86 bits per heavy atom. The summed E-state index contributed by atoms with van der Waals surface area (Å²) in [6.07, 6.45) is 4.78. The summed E-state index contributed by atoms with van der Waals surface area (Å²) in [7, 11) is 4.10. The molecule has 1 N–H and O–H groups in total. The van der Waals surface area contributed by atoms with Crippen LogP contribution in [-0.2, 0) is 6.42 Å². The number of benzene rings is 3. The Balaban J connectivity index is 1.58. The van der Waals surface area contributed by atoms with Crippen molar-refractivity contribution in [1.82, 2.24) is 9.88 Å². The smallest absolute Gasteiger partial charge is 0.169 e. The third kappa shape index (κ3) is 5.41. The molecule has 0 saturated heterocycles. The lowest BCUT2D eigenvalue weighted by atomic mass is 9.98. The molecule has 3 aromatic carbocycles. The minimum atomic E-state index is -0.680. The lowest BCUT2D eigenvalue weighted by Crippen LogP contribution is -2.14. The van der Waals surface area contributed by atoms with Gasteiger partial charge in [0.25, 0.3) is 0 Å². The minimum absolute atomic E-state index is 0.0279. The van der Waals surface area contributed by atoms with E-state index in [0.717, 1.165) is 36.9 Å². The SMILES string of the molecule is CN(C)CCc1ccc(Nc2c(C(=O)C3CC3)cnc3ccc(-c4cc(F)c(C=O)c(Cl)c4)cc23)cc1. The Hall–Kier alpha value is -3.61. The molecule has 1 saturated carbocycles. The highest BCUT2D eigenvalue weighted by Crippen LogP contribution is 2.39. The molecule has 1 heterocycles. The molecule has 0 radical (unpaired) electrons. The molecule has 0 bridgehead atoms. The predicted molar refractivity (Wildman–Crippen MR) is 147 cm³/mol. The summed E-state index contributed by atoms with van der Waals surface area (Å²) < 4.78 is 14.5. The number of anilines is 2. The number of halogens is 2. The van der Waals surface area contributed by atoms with Crippen LogP contribution in [0.25, 0.3) is 22.0 Å². The highest BCUT2D eigenvalue weighted by Gasteiger charge is 2.32. The van der Waals surface area contributed by atoms with Gasteiger partial charge in [-0.25, -0.2) is 4.39 Å². The Morgan fingerprint density at radius 1 is 1.11 bits per heavy atom. The van der Waals surface area contributed by atoms with Gasteiger partial charge in [-0.2, -0.15) is 0 Å². The second-order valence-corrected chi connectivity index (χ2v) is 10.2. The molecule has 0 aliphatic heterocycles. The number of rotatable bonds is 9. The number of Topliss-reactive ketones (excluding diaryl/α,β-unsaturated/α-hetero) is 1. The van der Waals surface area contributed by atoms with E-state index in [4.69, 9.17) is 11.6 Å². The molecule has 0 unspecified atom stereocenters. The molecule has 1 aliphatic rings. The minimum Gasteiger partial charge on any atom is -0.354 e. The number of carbonyl (C=O) groups is 2. The van der Waals surface area contributed by atoms with Gasteiger partial charge in [0, 0.05) is 29.7 Å². The fourth-order valence-corrected chi connectivity index (χ4v) is 4.63. The topological polar surface area (TPSA) is 62.3 Å². The zero-order chi connectivity index (χ0) is 26.1. The van der Waals surface area contributed by atoms with Gasteiger partial charge >= 0.3 is 0 Å². The standard InChI is InChI=1S/C30H27ClFN3O2/c1-35(2)12-11-18-3-8-22(9-4-18)34-29-23-13-20(21-14-26(31)25(17-36)27(32)15-21)7-10-28(23)33-16-24(29)30(37)19-5-6-19/h3-4,7-10,13-17,19H,5-6,11-12H2,1-2H3,(H,33,34). The van der Waals surface area contributed by atoms with Crippen molar-refractivity contribution in [2.24, 2.45) is 5.92 Å². The Morgan fingerprint density at radius 3 is 2.51 bits per heavy atom. The van der Waals surface area contributed by atoms with Crippen molar-refractivity contribution in [2.45, 2.75) is 19.3 Å². The number of ketones is 1. The van der Waals surface area contributed by atoms with Gasteiger partial charge in [0.15, 0.2) is 12.1 Å². The Bertz CT molecular complexity index is 1470. The molecule has 1 aliphatic carbocycles. The number of aromatic nitrogens is 1. The molecule has 5 rings (SSSR count). The van der Waals surface area contributed by atoms with Crippen LogP contribution in [0.4, 0.5) is 15.8 Å². The summed E-state index contributed by atoms with van der Waals surface area (Å²) in [6, 6.07) is 16.6. The second kappa shape index (κ2) is 10.4. The zero-order valence-electron chi connectivity index (χ0n) is 20.7. The number of fused-ring (bicyclic) bond motifs is 1. The van der Waals surface area contributed by atoms with E-state index >= 15 is 0 Å². The van der Waals surface area contributed by atoms with Crippen LogP contribution in [0.2, 0.25) is 5.02 Å². The van der Waals surface area contributed by atoms with E-state index in [2.05, 4.69) is 41.4 Å². The average molecular weight is 516 g/mol. The molecular weight excluding hydrogens is 489 g/mol. The molecule has 0 amide bonds. The van der Waals surface area contributed by atoms with Gasteiger partial charge in [0.2, 0.25) is 0 Å². The normalized spacial score (nSPS) is 13.2. The summed E-state index contributed by atoms with van der Waals surface area (Å²) in [6.45, 7) is 0.961. The molecule has 4 aromatic rings. The Kier molecular flexibility index (Phi) is 7.04. The third-order valence-corrected chi connectivity index (χ3v) is 7.00. The zero-order valence-corrected chi connectivity index (χ0v) is 21.5. The van der Waals surface area contributed by atoms with E-state index in [9.17, 15) is 14.0 Å². The maximum Gasteiger partial charge on any atom is 0.169 e. The monoisotopic (exact) mass is 515 g/mol. The largest absolute Gasteiger partial charge is 0.354 e. The number of hydrogen-bond acceptors (Lipinski definition) is 5. The van der Waals surface area contributed by atoms with Gasteiger partial charge in [-0.05, 0) is 86.4 Å². The van der Waals surface area contributed by atoms with Crippen LogP contribution in [0, 0.1) is 11.7 Å². The van der Waals surface area contributed by atoms with Crippen molar-refractivity contribution in [1.29, 1.82) is 0 Å². The molecule has 0 atom stereocenters. The number of nitrogens with one attached hydrogen (secondary N) is 1. The molecule has 37 heavy (non-hydrogen) atoms. The van der Waals surface area contributed by atoms with Gasteiger partial charge in [-0.1, -0.05) is 29.8 Å². The van der Waals surface area contributed by atoms with Crippen molar-refractivity contribution in [3.8, 4) is 11.1 Å². The van der Waals surface area contributed by atoms with Crippen molar-refractivity contribution in [3.05, 3.63) is 88.3 Å². The molecule has 1 aromatic heterocycles. The van der Waals surface area contributed by atoms with Crippen molar-refractivity contribution in [2.75, 3.05) is 26.0 Å². The number of aldehydes is 1. The van der Waals surface area contributed by atoms with E-state index in [1.807, 2.05) is 30.3 Å². The van der Waals surface area contributed by atoms with Gasteiger partial charge in [0.05, 0.1) is 27.4 Å². The van der Waals surface area contributed by atoms with Crippen LogP contribution >= 0.6 is 11.6 Å². The molecular formula is C30H27ClFN3O2. The number of nitrogens with zero attached hydrogens (tertiary/aromatic N) is 2. The van der Waals surface area contributed by atoms with Crippen LogP contribution in [0.15, 0.2) is 60.8 Å². The van der Waals surface area contributed by atoms with Crippen LogP contribution in [-0.4, -0.2) is 42.6 Å². The highest BCUT2D eigenvalue weighted by atomic mass is 35.5. The van der Waals surface area contributed by atoms with Gasteiger partial charge in [-0.15, -0.1) is 0 Å². The number of hydrogen-bond donors (Lipinski definition) is 1.